The first-order valence-electron chi connectivity index (χ1n) is 7.20. The van der Waals surface area contributed by atoms with Gasteiger partial charge in [-0.15, -0.1) is 0 Å². The SMILES string of the molecule is O=C(c1c2ccccc2c(C(=O)C(F)(F)F)c2ccccc12)C(F)(F)F. The maximum absolute atomic E-state index is 13.0. The molecule has 0 radical (unpaired) electrons. The van der Waals surface area contributed by atoms with E-state index >= 15 is 0 Å². The van der Waals surface area contributed by atoms with Crippen molar-refractivity contribution in [2.24, 2.45) is 0 Å². The molecular formula is C18H8F6O2. The number of halogens is 6. The third-order valence-corrected chi connectivity index (χ3v) is 3.90. The summed E-state index contributed by atoms with van der Waals surface area (Å²) in [6.45, 7) is 0. The molecule has 26 heavy (non-hydrogen) atoms. The average molecular weight is 370 g/mol. The fourth-order valence-electron chi connectivity index (χ4n) is 2.90. The van der Waals surface area contributed by atoms with E-state index in [1.807, 2.05) is 0 Å². The fraction of sp³-hybridized carbons (Fsp3) is 0.111. The largest absolute Gasteiger partial charge is 0.454 e. The Bertz CT molecular complexity index is 906. The summed E-state index contributed by atoms with van der Waals surface area (Å²) in [6.07, 6.45) is -10.4. The maximum Gasteiger partial charge on any atom is 0.454 e. The number of hydrogen-bond acceptors (Lipinski definition) is 2. The lowest BCUT2D eigenvalue weighted by atomic mass is 9.88. The quantitative estimate of drug-likeness (QED) is 0.340. The maximum atomic E-state index is 13.0. The van der Waals surface area contributed by atoms with Crippen molar-refractivity contribution < 1.29 is 35.9 Å². The highest BCUT2D eigenvalue weighted by atomic mass is 19.4. The van der Waals surface area contributed by atoms with Gasteiger partial charge in [0.1, 0.15) is 0 Å². The first kappa shape index (κ1) is 17.9. The molecule has 0 amide bonds. The molecule has 0 atom stereocenters. The minimum atomic E-state index is -5.22. The molecule has 0 spiro atoms. The number of Topliss-reactive ketones (excluding diaryl/α,β-unsaturated/α-hetero) is 2. The zero-order chi connectivity index (χ0) is 19.3. The zero-order valence-electron chi connectivity index (χ0n) is 12.7. The van der Waals surface area contributed by atoms with Crippen LogP contribution in [-0.4, -0.2) is 23.9 Å². The summed E-state index contributed by atoms with van der Waals surface area (Å²) in [5, 5.41) is -1.44. The molecule has 0 saturated heterocycles. The molecule has 3 aromatic carbocycles. The van der Waals surface area contributed by atoms with Crippen molar-refractivity contribution >= 4 is 33.1 Å². The highest BCUT2D eigenvalue weighted by molar-refractivity contribution is 6.28. The highest BCUT2D eigenvalue weighted by Gasteiger charge is 2.44. The normalized spacial score (nSPS) is 12.5. The van der Waals surface area contributed by atoms with Crippen molar-refractivity contribution in [2.45, 2.75) is 12.4 Å². The van der Waals surface area contributed by atoms with Crippen LogP contribution in [0.3, 0.4) is 0 Å². The third-order valence-electron chi connectivity index (χ3n) is 3.90. The number of benzene rings is 3. The van der Waals surface area contributed by atoms with Crippen LogP contribution in [0.25, 0.3) is 21.5 Å². The summed E-state index contributed by atoms with van der Waals surface area (Å²) in [7, 11) is 0. The molecular weight excluding hydrogens is 362 g/mol. The Morgan fingerprint density at radius 1 is 0.538 bits per heavy atom. The minimum Gasteiger partial charge on any atom is -0.284 e. The second-order valence-electron chi connectivity index (χ2n) is 5.49. The molecule has 0 aliphatic heterocycles. The number of alkyl halides is 6. The summed E-state index contributed by atoms with van der Waals surface area (Å²) in [5.74, 6) is -4.37. The Morgan fingerprint density at radius 3 is 0.962 bits per heavy atom. The number of fused-ring (bicyclic) bond motifs is 2. The second-order valence-corrected chi connectivity index (χ2v) is 5.49. The number of rotatable bonds is 2. The van der Waals surface area contributed by atoms with Crippen molar-refractivity contribution in [1.29, 1.82) is 0 Å². The summed E-state index contributed by atoms with van der Waals surface area (Å²) in [5.41, 5.74) is -1.55. The first-order chi connectivity index (χ1) is 12.0. The number of ketones is 2. The number of carbonyl (C=O) groups excluding carboxylic acids is 2. The van der Waals surface area contributed by atoms with Gasteiger partial charge in [0, 0.05) is 11.1 Å². The Hall–Kier alpha value is -2.90. The molecule has 0 unspecified atom stereocenters. The Kier molecular flexibility index (Phi) is 4.01. The molecule has 134 valence electrons. The van der Waals surface area contributed by atoms with Crippen LogP contribution in [0.4, 0.5) is 26.3 Å². The fourth-order valence-corrected chi connectivity index (χ4v) is 2.90. The van der Waals surface area contributed by atoms with Crippen molar-refractivity contribution in [3.05, 3.63) is 59.7 Å². The summed E-state index contributed by atoms with van der Waals surface area (Å²) in [4.78, 5) is 23.9. The number of carbonyl (C=O) groups is 2. The summed E-state index contributed by atoms with van der Waals surface area (Å²) < 4.78 is 78.3. The van der Waals surface area contributed by atoms with E-state index in [9.17, 15) is 35.9 Å². The van der Waals surface area contributed by atoms with Crippen LogP contribution < -0.4 is 0 Å². The van der Waals surface area contributed by atoms with Crippen LogP contribution in [0.15, 0.2) is 48.5 Å². The molecule has 3 aromatic rings. The van der Waals surface area contributed by atoms with Crippen LogP contribution in [0.2, 0.25) is 0 Å². The zero-order valence-corrected chi connectivity index (χ0v) is 12.7. The predicted molar refractivity (Wildman–Crippen MR) is 82.2 cm³/mol. The van der Waals surface area contributed by atoms with E-state index in [1.165, 1.54) is 24.3 Å². The molecule has 0 saturated carbocycles. The van der Waals surface area contributed by atoms with E-state index in [2.05, 4.69) is 0 Å². The van der Waals surface area contributed by atoms with Gasteiger partial charge in [-0.05, 0) is 21.5 Å². The second kappa shape index (κ2) is 5.82. The highest BCUT2D eigenvalue weighted by Crippen LogP contribution is 2.38. The van der Waals surface area contributed by atoms with Crippen LogP contribution >= 0.6 is 0 Å². The smallest absolute Gasteiger partial charge is 0.284 e. The molecule has 0 heterocycles. The van der Waals surface area contributed by atoms with E-state index in [-0.39, 0.29) is 21.5 Å². The lowest BCUT2D eigenvalue weighted by Gasteiger charge is -2.17. The van der Waals surface area contributed by atoms with Crippen LogP contribution in [0.1, 0.15) is 20.7 Å². The van der Waals surface area contributed by atoms with E-state index in [4.69, 9.17) is 0 Å². The van der Waals surface area contributed by atoms with Crippen molar-refractivity contribution in [1.82, 2.24) is 0 Å². The van der Waals surface area contributed by atoms with Gasteiger partial charge in [0.15, 0.2) is 0 Å². The van der Waals surface area contributed by atoms with E-state index in [0.29, 0.717) is 0 Å². The Balaban J connectivity index is 2.56. The topological polar surface area (TPSA) is 34.1 Å². The Morgan fingerprint density at radius 2 is 0.769 bits per heavy atom. The molecule has 3 rings (SSSR count). The van der Waals surface area contributed by atoms with Crippen molar-refractivity contribution in [3.63, 3.8) is 0 Å². The average Bonchev–Trinajstić information content (AvgIpc) is 2.56. The molecule has 8 heteroatoms. The monoisotopic (exact) mass is 370 g/mol. The van der Waals surface area contributed by atoms with Crippen LogP contribution in [-0.2, 0) is 0 Å². The van der Waals surface area contributed by atoms with Gasteiger partial charge in [-0.3, -0.25) is 9.59 Å². The van der Waals surface area contributed by atoms with Gasteiger partial charge < -0.3 is 0 Å². The summed E-state index contributed by atoms with van der Waals surface area (Å²) in [6, 6.07) is 9.50. The van der Waals surface area contributed by atoms with Crippen LogP contribution in [0, 0.1) is 0 Å². The van der Waals surface area contributed by atoms with Crippen LogP contribution in [0.5, 0.6) is 0 Å². The van der Waals surface area contributed by atoms with Gasteiger partial charge in [0.05, 0.1) is 0 Å². The summed E-state index contributed by atoms with van der Waals surface area (Å²) >= 11 is 0. The molecule has 0 aliphatic rings. The standard InChI is InChI=1S/C18H8F6O2/c19-17(20,21)15(25)13-9-5-1-2-6-10(9)14(16(26)18(22,23)24)12-8-4-3-7-11(12)13/h1-8H. The lowest BCUT2D eigenvalue weighted by Crippen LogP contribution is -2.26. The van der Waals surface area contributed by atoms with Crippen molar-refractivity contribution in [2.75, 3.05) is 0 Å². The van der Waals surface area contributed by atoms with Gasteiger partial charge >= 0.3 is 12.4 Å². The van der Waals surface area contributed by atoms with Gasteiger partial charge in [-0.1, -0.05) is 48.5 Å². The molecule has 0 bridgehead atoms. The molecule has 0 fully saturated rings. The lowest BCUT2D eigenvalue weighted by molar-refractivity contribution is -0.0887. The first-order valence-corrected chi connectivity index (χ1v) is 7.20. The molecule has 0 N–H and O–H groups in total. The molecule has 0 aliphatic carbocycles. The Labute approximate surface area is 142 Å². The van der Waals surface area contributed by atoms with E-state index < -0.39 is 35.0 Å². The van der Waals surface area contributed by atoms with Crippen molar-refractivity contribution in [3.8, 4) is 0 Å². The third kappa shape index (κ3) is 2.81. The number of hydrogen-bond donors (Lipinski definition) is 0. The van der Waals surface area contributed by atoms with Gasteiger partial charge in [0.2, 0.25) is 0 Å². The molecule has 0 aromatic heterocycles. The molecule has 2 nitrogen and oxygen atoms in total. The van der Waals surface area contributed by atoms with E-state index in [1.54, 1.807) is 0 Å². The van der Waals surface area contributed by atoms with Gasteiger partial charge in [-0.2, -0.15) is 26.3 Å². The van der Waals surface area contributed by atoms with E-state index in [0.717, 1.165) is 24.3 Å². The minimum absolute atomic E-state index is 0.360. The van der Waals surface area contributed by atoms with Gasteiger partial charge in [0.25, 0.3) is 11.6 Å². The predicted octanol–water partition coefficient (Wildman–Crippen LogP) is 5.48. The van der Waals surface area contributed by atoms with Gasteiger partial charge in [-0.25, -0.2) is 0 Å².